The first-order valence-corrected chi connectivity index (χ1v) is 4.10. The van der Waals surface area contributed by atoms with E-state index in [1.165, 1.54) is 4.57 Å². The van der Waals surface area contributed by atoms with Crippen molar-refractivity contribution in [3.05, 3.63) is 34.7 Å². The van der Waals surface area contributed by atoms with Crippen LogP contribution in [-0.2, 0) is 6.00 Å². The molecule has 12 heavy (non-hydrogen) atoms. The van der Waals surface area contributed by atoms with Crippen LogP contribution in [0, 0.1) is 0 Å². The first kappa shape index (κ1) is 7.43. The number of H-pyrrole nitrogens is 1. The lowest BCUT2D eigenvalue weighted by atomic mass is 10.3. The molecule has 1 aromatic carbocycles. The number of alkyl halides is 1. The molecule has 0 saturated carbocycles. The number of nitrogens with one attached hydrogen (secondary N) is 1. The Hall–Kier alpha value is -1.22. The molecule has 0 amide bonds. The second kappa shape index (κ2) is 2.68. The van der Waals surface area contributed by atoms with Crippen molar-refractivity contribution in [1.82, 2.24) is 9.55 Å². The van der Waals surface area contributed by atoms with Crippen molar-refractivity contribution in [2.45, 2.75) is 6.00 Å². The van der Waals surface area contributed by atoms with Gasteiger partial charge in [0.05, 0.1) is 11.0 Å². The van der Waals surface area contributed by atoms with E-state index in [4.69, 9.17) is 11.6 Å². The van der Waals surface area contributed by atoms with Crippen molar-refractivity contribution in [3.63, 3.8) is 0 Å². The lowest BCUT2D eigenvalue weighted by Gasteiger charge is -1.93. The summed E-state index contributed by atoms with van der Waals surface area (Å²) in [5.74, 6) is 0. The Bertz CT molecular complexity index is 457. The molecule has 1 N–H and O–H groups in total. The molecule has 0 saturated heterocycles. The first-order chi connectivity index (χ1) is 5.83. The van der Waals surface area contributed by atoms with Gasteiger partial charge in [0.25, 0.3) is 0 Å². The van der Waals surface area contributed by atoms with Gasteiger partial charge in [-0.2, -0.15) is 0 Å². The van der Waals surface area contributed by atoms with Crippen molar-refractivity contribution in [2.24, 2.45) is 0 Å². The van der Waals surface area contributed by atoms with Crippen LogP contribution < -0.4 is 5.69 Å². The summed E-state index contributed by atoms with van der Waals surface area (Å²) in [6.45, 7) is 0. The maximum absolute atomic E-state index is 11.2. The molecule has 0 bridgehead atoms. The number of hydrogen-bond acceptors (Lipinski definition) is 1. The van der Waals surface area contributed by atoms with Crippen molar-refractivity contribution in [1.29, 1.82) is 0 Å². The summed E-state index contributed by atoms with van der Waals surface area (Å²) in [4.78, 5) is 13.9. The second-order valence-electron chi connectivity index (χ2n) is 2.49. The van der Waals surface area contributed by atoms with Gasteiger partial charge in [-0.15, -0.1) is 11.6 Å². The number of aromatic nitrogens is 2. The van der Waals surface area contributed by atoms with Gasteiger partial charge in [0.1, 0.15) is 6.00 Å². The number of rotatable bonds is 1. The monoisotopic (exact) mass is 182 g/mol. The average molecular weight is 183 g/mol. The number of imidazole rings is 1. The van der Waals surface area contributed by atoms with E-state index in [1.54, 1.807) is 0 Å². The fourth-order valence-electron chi connectivity index (χ4n) is 1.23. The molecule has 0 fully saturated rings. The minimum absolute atomic E-state index is 0.161. The maximum atomic E-state index is 11.2. The second-order valence-corrected chi connectivity index (χ2v) is 2.73. The number of halogens is 1. The summed E-state index contributed by atoms with van der Waals surface area (Å²) in [5.41, 5.74) is 1.51. The zero-order valence-corrected chi connectivity index (χ0v) is 7.01. The number of aromatic amines is 1. The summed E-state index contributed by atoms with van der Waals surface area (Å²) >= 11 is 5.60. The highest BCUT2D eigenvalue weighted by Crippen LogP contribution is 2.08. The van der Waals surface area contributed by atoms with Gasteiger partial charge in [-0.25, -0.2) is 4.79 Å². The Labute approximate surface area is 73.6 Å². The van der Waals surface area contributed by atoms with Crippen LogP contribution in [0.15, 0.2) is 29.1 Å². The molecule has 3 nitrogen and oxygen atoms in total. The number of para-hydroxylation sites is 2. The van der Waals surface area contributed by atoms with E-state index < -0.39 is 0 Å². The van der Waals surface area contributed by atoms with Crippen LogP contribution in [0.4, 0.5) is 0 Å². The molecule has 0 radical (unpaired) electrons. The van der Waals surface area contributed by atoms with Gasteiger partial charge in [-0.1, -0.05) is 12.1 Å². The predicted molar refractivity (Wildman–Crippen MR) is 48.4 cm³/mol. The smallest absolute Gasteiger partial charge is 0.306 e. The molecular weight excluding hydrogens is 176 g/mol. The highest BCUT2D eigenvalue weighted by molar-refractivity contribution is 6.15. The molecule has 1 aromatic heterocycles. The van der Waals surface area contributed by atoms with E-state index >= 15 is 0 Å². The largest absolute Gasteiger partial charge is 0.327 e. The lowest BCUT2D eigenvalue weighted by Crippen LogP contribution is -2.13. The van der Waals surface area contributed by atoms with Crippen LogP contribution in [0.3, 0.4) is 0 Å². The molecule has 2 aromatic rings. The van der Waals surface area contributed by atoms with E-state index in [0.717, 1.165) is 11.0 Å². The van der Waals surface area contributed by atoms with Crippen LogP contribution in [0.25, 0.3) is 11.0 Å². The van der Waals surface area contributed by atoms with Crippen molar-refractivity contribution in [2.75, 3.05) is 0 Å². The van der Waals surface area contributed by atoms with E-state index in [1.807, 2.05) is 24.3 Å². The third-order valence-corrected chi connectivity index (χ3v) is 2.04. The van der Waals surface area contributed by atoms with E-state index in [2.05, 4.69) is 4.98 Å². The van der Waals surface area contributed by atoms with Crippen LogP contribution >= 0.6 is 11.6 Å². The topological polar surface area (TPSA) is 37.8 Å². The predicted octanol–water partition coefficient (Wildman–Crippen LogP) is 1.53. The molecular formula is C8H7ClN2O. The Balaban J connectivity index is 2.91. The van der Waals surface area contributed by atoms with Gasteiger partial charge in [0.15, 0.2) is 0 Å². The van der Waals surface area contributed by atoms with Gasteiger partial charge in [-0.05, 0) is 12.1 Å². The number of nitrogens with zero attached hydrogens (tertiary/aromatic N) is 1. The SMILES string of the molecule is O=c1[nH]c2ccccc2n1CCl. The van der Waals surface area contributed by atoms with Gasteiger partial charge in [0, 0.05) is 0 Å². The Morgan fingerprint density at radius 3 is 2.92 bits per heavy atom. The highest BCUT2D eigenvalue weighted by Gasteiger charge is 2.02. The summed E-state index contributed by atoms with van der Waals surface area (Å²) < 4.78 is 1.48. The first-order valence-electron chi connectivity index (χ1n) is 3.56. The summed E-state index contributed by atoms with van der Waals surface area (Å²) in [7, 11) is 0. The van der Waals surface area contributed by atoms with Gasteiger partial charge < -0.3 is 4.98 Å². The minimum Gasteiger partial charge on any atom is -0.306 e. The Morgan fingerprint density at radius 2 is 2.17 bits per heavy atom. The molecule has 62 valence electrons. The average Bonchev–Trinajstić information content (AvgIpc) is 2.40. The fourth-order valence-corrected chi connectivity index (χ4v) is 1.46. The number of fused-ring (bicyclic) bond motifs is 1. The molecule has 4 heteroatoms. The third-order valence-electron chi connectivity index (χ3n) is 1.80. The van der Waals surface area contributed by atoms with Gasteiger partial charge in [0.2, 0.25) is 0 Å². The number of hydrogen-bond donors (Lipinski definition) is 1. The Kier molecular flexibility index (Phi) is 1.66. The van der Waals surface area contributed by atoms with Gasteiger partial charge in [-0.3, -0.25) is 4.57 Å². The summed E-state index contributed by atoms with van der Waals surface area (Å²) in [6, 6.07) is 7.63. The molecule has 2 rings (SSSR count). The number of benzene rings is 1. The maximum Gasteiger partial charge on any atom is 0.327 e. The standard InChI is InChI=1S/C8H7ClN2O/c9-5-11-7-4-2-1-3-6(7)10-8(11)12/h1-4H,5H2,(H,10,12). The van der Waals surface area contributed by atoms with Crippen molar-refractivity contribution in [3.8, 4) is 0 Å². The van der Waals surface area contributed by atoms with Gasteiger partial charge >= 0.3 is 5.69 Å². The molecule has 0 unspecified atom stereocenters. The molecule has 0 aliphatic carbocycles. The lowest BCUT2D eigenvalue weighted by molar-refractivity contribution is 0.863. The highest BCUT2D eigenvalue weighted by atomic mass is 35.5. The normalized spacial score (nSPS) is 10.8. The van der Waals surface area contributed by atoms with Crippen LogP contribution in [0.2, 0.25) is 0 Å². The quantitative estimate of drug-likeness (QED) is 0.668. The van der Waals surface area contributed by atoms with Crippen molar-refractivity contribution < 1.29 is 0 Å². The van der Waals surface area contributed by atoms with Crippen LogP contribution in [-0.4, -0.2) is 9.55 Å². The van der Waals surface area contributed by atoms with Crippen LogP contribution in [0.5, 0.6) is 0 Å². The molecule has 0 aliphatic heterocycles. The molecule has 0 atom stereocenters. The van der Waals surface area contributed by atoms with E-state index in [0.29, 0.717) is 0 Å². The minimum atomic E-state index is -0.161. The molecule has 0 aliphatic rings. The Morgan fingerprint density at radius 1 is 1.42 bits per heavy atom. The zero-order chi connectivity index (χ0) is 8.55. The summed E-state index contributed by atoms with van der Waals surface area (Å²) in [5, 5.41) is 0. The van der Waals surface area contributed by atoms with Crippen molar-refractivity contribution >= 4 is 22.6 Å². The van der Waals surface area contributed by atoms with E-state index in [9.17, 15) is 4.79 Å². The fraction of sp³-hybridized carbons (Fsp3) is 0.125. The molecule has 1 heterocycles. The third kappa shape index (κ3) is 0.940. The molecule has 0 spiro atoms. The summed E-state index contributed by atoms with van der Waals surface area (Å²) in [6.07, 6.45) is 0. The van der Waals surface area contributed by atoms with E-state index in [-0.39, 0.29) is 11.7 Å². The van der Waals surface area contributed by atoms with Crippen LogP contribution in [0.1, 0.15) is 0 Å². The zero-order valence-electron chi connectivity index (χ0n) is 6.25.